The predicted octanol–water partition coefficient (Wildman–Crippen LogP) is 2.63. The van der Waals surface area contributed by atoms with E-state index in [1.54, 1.807) is 49.6 Å². The van der Waals surface area contributed by atoms with E-state index in [1.807, 2.05) is 0 Å². The van der Waals surface area contributed by atoms with E-state index < -0.39 is 17.3 Å². The Hall–Kier alpha value is -3.81. The van der Waals surface area contributed by atoms with Crippen molar-refractivity contribution < 1.29 is 28.3 Å². The minimum atomic E-state index is -1.72. The Morgan fingerprint density at radius 1 is 1.23 bits per heavy atom. The Kier molecular flexibility index (Phi) is 4.25. The third kappa shape index (κ3) is 2.57. The first-order valence-electron chi connectivity index (χ1n) is 10.0. The zero-order chi connectivity index (χ0) is 21.8. The van der Waals surface area contributed by atoms with Crippen LogP contribution in [0.3, 0.4) is 0 Å². The first-order chi connectivity index (χ1) is 15.0. The lowest BCUT2D eigenvalue weighted by Crippen LogP contribution is -2.49. The largest absolute Gasteiger partial charge is 0.469 e. The smallest absolute Gasteiger partial charge is 0.341 e. The van der Waals surface area contributed by atoms with E-state index >= 15 is 0 Å². The van der Waals surface area contributed by atoms with Crippen LogP contribution in [0.25, 0.3) is 0 Å². The Bertz CT molecular complexity index is 1180. The molecule has 0 unspecified atom stereocenters. The van der Waals surface area contributed by atoms with Crippen molar-refractivity contribution in [1.82, 2.24) is 0 Å². The fraction of sp³-hybridized carbons (Fsp3) is 0.261. The maximum Gasteiger partial charge on any atom is 0.341 e. The van der Waals surface area contributed by atoms with Crippen molar-refractivity contribution in [2.45, 2.75) is 31.1 Å². The molecule has 1 aliphatic carbocycles. The van der Waals surface area contributed by atoms with Crippen LogP contribution in [0.4, 0.5) is 5.69 Å². The molecule has 0 radical (unpaired) electrons. The first kappa shape index (κ1) is 19.2. The summed E-state index contributed by atoms with van der Waals surface area (Å²) in [5, 5.41) is 2.80. The van der Waals surface area contributed by atoms with Crippen LogP contribution < -0.4 is 11.1 Å². The number of anilines is 1. The summed E-state index contributed by atoms with van der Waals surface area (Å²) >= 11 is 0. The van der Waals surface area contributed by atoms with Gasteiger partial charge in [-0.2, -0.15) is 0 Å². The number of allylic oxidation sites excluding steroid dienone is 1. The van der Waals surface area contributed by atoms with E-state index in [-0.39, 0.29) is 47.5 Å². The van der Waals surface area contributed by atoms with Gasteiger partial charge < -0.3 is 24.9 Å². The molecular formula is C23H20N2O6. The van der Waals surface area contributed by atoms with Crippen molar-refractivity contribution in [2.75, 3.05) is 11.9 Å². The van der Waals surface area contributed by atoms with Crippen molar-refractivity contribution in [3.63, 3.8) is 0 Å². The molecule has 5 rings (SSSR count). The molecule has 2 atom stereocenters. The average molecular weight is 420 g/mol. The molecule has 0 saturated carbocycles. The van der Waals surface area contributed by atoms with Crippen LogP contribution in [0.15, 0.2) is 69.9 Å². The molecule has 2 aliphatic heterocycles. The average Bonchev–Trinajstić information content (AvgIpc) is 3.36. The number of fused-ring (bicyclic) bond motifs is 3. The molecule has 31 heavy (non-hydrogen) atoms. The molecule has 0 saturated heterocycles. The summed E-state index contributed by atoms with van der Waals surface area (Å²) in [5.41, 5.74) is 5.45. The first-order valence-corrected chi connectivity index (χ1v) is 10.0. The monoisotopic (exact) mass is 420 g/mol. The quantitative estimate of drug-likeness (QED) is 0.732. The van der Waals surface area contributed by atoms with Crippen LogP contribution in [-0.4, -0.2) is 24.3 Å². The molecule has 1 aromatic carbocycles. The molecule has 158 valence electrons. The highest BCUT2D eigenvalue weighted by Crippen LogP contribution is 2.55. The summed E-state index contributed by atoms with van der Waals surface area (Å²) in [6.45, 7) is 1.73. The predicted molar refractivity (Wildman–Crippen MR) is 108 cm³/mol. The fourth-order valence-corrected chi connectivity index (χ4v) is 4.82. The minimum absolute atomic E-state index is 0.0787. The molecule has 1 spiro atoms. The number of hydrogen-bond acceptors (Lipinski definition) is 7. The number of carbonyl (C=O) groups excluding carboxylic acids is 3. The number of furan rings is 1. The summed E-state index contributed by atoms with van der Waals surface area (Å²) in [5.74, 6) is -1.20. The fourth-order valence-electron chi connectivity index (χ4n) is 4.82. The number of carbonyl (C=O) groups is 3. The molecule has 1 aromatic heterocycles. The number of hydrogen-bond donors (Lipinski definition) is 2. The van der Waals surface area contributed by atoms with E-state index in [4.69, 9.17) is 19.6 Å². The molecule has 0 fully saturated rings. The number of Topliss-reactive ketones (excluding diaryl/α,β-unsaturated/α-hetero) is 1. The van der Waals surface area contributed by atoms with Gasteiger partial charge in [0.1, 0.15) is 22.5 Å². The van der Waals surface area contributed by atoms with E-state index in [0.29, 0.717) is 23.4 Å². The van der Waals surface area contributed by atoms with Crippen molar-refractivity contribution in [1.29, 1.82) is 0 Å². The molecule has 3 N–H and O–H groups in total. The Labute approximate surface area is 177 Å². The summed E-state index contributed by atoms with van der Waals surface area (Å²) in [6, 6.07) is 10.5. The van der Waals surface area contributed by atoms with Gasteiger partial charge in [-0.15, -0.1) is 0 Å². The Morgan fingerprint density at radius 2 is 2.03 bits per heavy atom. The lowest BCUT2D eigenvalue weighted by Gasteiger charge is -2.39. The zero-order valence-corrected chi connectivity index (χ0v) is 16.8. The molecule has 1 amide bonds. The van der Waals surface area contributed by atoms with Gasteiger partial charge in [0.2, 0.25) is 11.8 Å². The second-order valence-corrected chi connectivity index (χ2v) is 7.65. The summed E-state index contributed by atoms with van der Waals surface area (Å²) < 4.78 is 16.5. The van der Waals surface area contributed by atoms with Gasteiger partial charge in [0.25, 0.3) is 0 Å². The van der Waals surface area contributed by atoms with Crippen LogP contribution >= 0.6 is 0 Å². The van der Waals surface area contributed by atoms with Gasteiger partial charge in [0.15, 0.2) is 5.78 Å². The van der Waals surface area contributed by atoms with E-state index in [2.05, 4.69) is 5.32 Å². The van der Waals surface area contributed by atoms with Crippen LogP contribution in [-0.2, 0) is 29.3 Å². The van der Waals surface area contributed by atoms with Crippen molar-refractivity contribution in [2.24, 2.45) is 5.73 Å². The number of ketones is 1. The maximum atomic E-state index is 13.5. The Morgan fingerprint density at radius 3 is 2.77 bits per heavy atom. The van der Waals surface area contributed by atoms with Gasteiger partial charge in [-0.05, 0) is 25.1 Å². The third-order valence-corrected chi connectivity index (χ3v) is 6.00. The van der Waals surface area contributed by atoms with Gasteiger partial charge in [0.05, 0.1) is 18.4 Å². The minimum Gasteiger partial charge on any atom is -0.469 e. The van der Waals surface area contributed by atoms with Gasteiger partial charge in [-0.1, -0.05) is 18.2 Å². The van der Waals surface area contributed by atoms with Crippen molar-refractivity contribution in [3.8, 4) is 0 Å². The van der Waals surface area contributed by atoms with Crippen LogP contribution in [0.1, 0.15) is 37.0 Å². The van der Waals surface area contributed by atoms with Gasteiger partial charge >= 0.3 is 5.97 Å². The highest BCUT2D eigenvalue weighted by Gasteiger charge is 2.62. The zero-order valence-electron chi connectivity index (χ0n) is 16.8. The lowest BCUT2D eigenvalue weighted by molar-refractivity contribution is -0.141. The van der Waals surface area contributed by atoms with Crippen LogP contribution in [0, 0.1) is 0 Å². The molecule has 3 aliphatic rings. The number of esters is 1. The number of ether oxygens (including phenoxy) is 2. The van der Waals surface area contributed by atoms with Gasteiger partial charge in [0, 0.05) is 30.0 Å². The summed E-state index contributed by atoms with van der Waals surface area (Å²) in [4.78, 5) is 40.0. The molecule has 8 heteroatoms. The van der Waals surface area contributed by atoms with Crippen molar-refractivity contribution >= 4 is 23.3 Å². The molecule has 2 aromatic rings. The number of nitrogens with two attached hydrogens (primary N) is 1. The molecular weight excluding hydrogens is 400 g/mol. The molecule has 3 heterocycles. The maximum absolute atomic E-state index is 13.5. The number of nitrogens with one attached hydrogen (secondary N) is 1. The molecule has 8 nitrogen and oxygen atoms in total. The Balaban J connectivity index is 1.75. The summed E-state index contributed by atoms with van der Waals surface area (Å²) in [6.07, 6.45) is 1.96. The van der Waals surface area contributed by atoms with Crippen LogP contribution in [0.2, 0.25) is 0 Å². The van der Waals surface area contributed by atoms with Gasteiger partial charge in [-0.3, -0.25) is 9.59 Å². The van der Waals surface area contributed by atoms with Gasteiger partial charge in [-0.25, -0.2) is 4.79 Å². The van der Waals surface area contributed by atoms with E-state index in [9.17, 15) is 14.4 Å². The number of amides is 1. The van der Waals surface area contributed by atoms with Crippen LogP contribution in [0.5, 0.6) is 0 Å². The highest BCUT2D eigenvalue weighted by atomic mass is 16.5. The second-order valence-electron chi connectivity index (χ2n) is 7.65. The number of rotatable bonds is 3. The third-order valence-electron chi connectivity index (χ3n) is 6.00. The van der Waals surface area contributed by atoms with E-state index in [0.717, 1.165) is 0 Å². The standard InChI is InChI=1S/C23H20N2O6/c1-2-29-21(27)19-20(24)31-17-11-12(16-8-5-9-30-16)10-15(26)18(17)23(19)13-6-3-4-7-14(13)25-22(23)28/h3-9,12H,2,10-11,24H2,1H3,(H,25,28)/t12-,23+/m0/s1. The van der Waals surface area contributed by atoms with E-state index in [1.165, 1.54) is 0 Å². The normalized spacial score (nSPS) is 24.6. The lowest BCUT2D eigenvalue weighted by atomic mass is 9.63. The summed E-state index contributed by atoms with van der Waals surface area (Å²) in [7, 11) is 0. The SMILES string of the molecule is CCOC(=O)C1=C(N)OC2=C(C(=O)C[C@H](c3ccco3)C2)[C@@]12C(=O)Nc1ccccc12. The number of benzene rings is 1. The number of para-hydroxylation sites is 1. The highest BCUT2D eigenvalue weighted by molar-refractivity contribution is 6.22. The molecule has 0 bridgehead atoms. The second kappa shape index (κ2) is 6.87. The van der Waals surface area contributed by atoms with Crippen molar-refractivity contribution in [3.05, 3.63) is 76.8 Å². The topological polar surface area (TPSA) is 121 Å².